The van der Waals surface area contributed by atoms with Crippen LogP contribution in [0.3, 0.4) is 0 Å². The topological polar surface area (TPSA) is 86.0 Å². The molecule has 1 N–H and O–H groups in total. The molecule has 4 aromatic rings. The number of benzene rings is 2. The maximum atomic E-state index is 11.8. The molecule has 0 saturated carbocycles. The van der Waals surface area contributed by atoms with Crippen molar-refractivity contribution in [1.29, 1.82) is 0 Å². The number of hydrogen-bond acceptors (Lipinski definition) is 8. The molecule has 7 nitrogen and oxygen atoms in total. The van der Waals surface area contributed by atoms with Crippen LogP contribution in [0, 0.1) is 13.8 Å². The van der Waals surface area contributed by atoms with Gasteiger partial charge in [0.2, 0.25) is 5.13 Å². The van der Waals surface area contributed by atoms with Gasteiger partial charge in [0.05, 0.1) is 25.3 Å². The molecule has 0 spiro atoms. The number of esters is 1. The number of fused-ring (bicyclic) bond motifs is 1. The van der Waals surface area contributed by atoms with Crippen LogP contribution in [0.25, 0.3) is 22.3 Å². The quantitative estimate of drug-likeness (QED) is 0.355. The second-order valence-electron chi connectivity index (χ2n) is 6.87. The molecule has 8 heteroatoms. The van der Waals surface area contributed by atoms with Gasteiger partial charge in [-0.3, -0.25) is 5.43 Å². The number of methoxy groups -OCH3 is 2. The van der Waals surface area contributed by atoms with Crippen molar-refractivity contribution in [3.05, 3.63) is 70.0 Å². The monoisotopic (exact) mass is 435 g/mol. The van der Waals surface area contributed by atoms with Crippen LogP contribution in [-0.4, -0.2) is 25.2 Å². The van der Waals surface area contributed by atoms with Crippen LogP contribution in [0.2, 0.25) is 0 Å². The lowest BCUT2D eigenvalue weighted by Crippen LogP contribution is -2.07. The van der Waals surface area contributed by atoms with Crippen molar-refractivity contribution in [1.82, 2.24) is 4.98 Å². The standard InChI is InChI=1S/C23H21N3O4S/c1-13-5-10-17-18(25-26-23-24-14(2)21(31-23)22(27)29-4)12-19(30-20(17)11-13)15-6-8-16(28-3)9-7-15/h5-12H,1-4H3,(H,24,26). The summed E-state index contributed by atoms with van der Waals surface area (Å²) < 4.78 is 16.2. The molecule has 2 heterocycles. The van der Waals surface area contributed by atoms with Crippen molar-refractivity contribution in [2.24, 2.45) is 5.10 Å². The van der Waals surface area contributed by atoms with Gasteiger partial charge in [0.25, 0.3) is 0 Å². The smallest absolute Gasteiger partial charge is 0.350 e. The minimum atomic E-state index is -0.413. The number of ether oxygens (including phenoxy) is 2. The first-order valence-electron chi connectivity index (χ1n) is 9.53. The lowest BCUT2D eigenvalue weighted by molar-refractivity contribution is 0.0605. The second kappa shape index (κ2) is 8.61. The minimum Gasteiger partial charge on any atom is -0.497 e. The third-order valence-corrected chi connectivity index (χ3v) is 5.76. The molecule has 0 unspecified atom stereocenters. The fraction of sp³-hybridized carbons (Fsp3) is 0.174. The highest BCUT2D eigenvalue weighted by molar-refractivity contribution is 7.17. The molecule has 4 rings (SSSR count). The Balaban J connectivity index is 1.79. The Morgan fingerprint density at radius 3 is 2.58 bits per heavy atom. The molecule has 2 aromatic heterocycles. The van der Waals surface area contributed by atoms with Crippen LogP contribution in [0.4, 0.5) is 5.13 Å². The normalized spacial score (nSPS) is 11.5. The summed E-state index contributed by atoms with van der Waals surface area (Å²) >= 11 is 1.20. The van der Waals surface area contributed by atoms with Crippen molar-refractivity contribution in [2.45, 2.75) is 13.8 Å². The molecule has 0 fully saturated rings. The Kier molecular flexibility index (Phi) is 5.73. The number of hydrogen-bond donors (Lipinski definition) is 1. The molecule has 158 valence electrons. The third kappa shape index (κ3) is 4.29. The number of rotatable bonds is 5. The van der Waals surface area contributed by atoms with Gasteiger partial charge in [0, 0.05) is 17.0 Å². The second-order valence-corrected chi connectivity index (χ2v) is 7.87. The molecule has 0 aliphatic rings. The third-order valence-electron chi connectivity index (χ3n) is 4.71. The lowest BCUT2D eigenvalue weighted by Gasteiger charge is -2.07. The van der Waals surface area contributed by atoms with E-state index < -0.39 is 5.97 Å². The highest BCUT2D eigenvalue weighted by Gasteiger charge is 2.15. The zero-order chi connectivity index (χ0) is 22.0. The van der Waals surface area contributed by atoms with Crippen LogP contribution >= 0.6 is 11.3 Å². The van der Waals surface area contributed by atoms with E-state index in [0.717, 1.165) is 27.8 Å². The van der Waals surface area contributed by atoms with Crippen LogP contribution in [0.5, 0.6) is 5.75 Å². The van der Waals surface area contributed by atoms with Gasteiger partial charge in [0.15, 0.2) is 0 Å². The summed E-state index contributed by atoms with van der Waals surface area (Å²) in [7, 11) is 2.98. The van der Waals surface area contributed by atoms with Crippen LogP contribution in [0.1, 0.15) is 20.9 Å². The molecule has 0 bridgehead atoms. The minimum absolute atomic E-state index is 0.413. The largest absolute Gasteiger partial charge is 0.497 e. The van der Waals surface area contributed by atoms with Gasteiger partial charge >= 0.3 is 5.97 Å². The predicted molar refractivity (Wildman–Crippen MR) is 120 cm³/mol. The Morgan fingerprint density at radius 1 is 1.10 bits per heavy atom. The molecule has 31 heavy (non-hydrogen) atoms. The first-order valence-corrected chi connectivity index (χ1v) is 10.3. The number of nitrogens with zero attached hydrogens (tertiary/aromatic N) is 2. The van der Waals surface area contributed by atoms with E-state index in [1.54, 1.807) is 14.0 Å². The summed E-state index contributed by atoms with van der Waals surface area (Å²) in [5, 5.41) is 6.61. The average Bonchev–Trinajstić information content (AvgIpc) is 3.17. The highest BCUT2D eigenvalue weighted by Crippen LogP contribution is 2.26. The number of nitrogens with one attached hydrogen (secondary N) is 1. The predicted octanol–water partition coefficient (Wildman–Crippen LogP) is 4.90. The van der Waals surface area contributed by atoms with E-state index in [4.69, 9.17) is 13.9 Å². The van der Waals surface area contributed by atoms with Crippen molar-refractivity contribution in [3.63, 3.8) is 0 Å². The van der Waals surface area contributed by atoms with Crippen LogP contribution < -0.4 is 15.5 Å². The first-order chi connectivity index (χ1) is 15.0. The molecule has 0 saturated heterocycles. The van der Waals surface area contributed by atoms with Gasteiger partial charge < -0.3 is 13.9 Å². The summed E-state index contributed by atoms with van der Waals surface area (Å²) in [5.74, 6) is 1.03. The molecule has 0 aliphatic carbocycles. The summed E-state index contributed by atoms with van der Waals surface area (Å²) in [6.45, 7) is 3.77. The van der Waals surface area contributed by atoms with Crippen molar-refractivity contribution in [2.75, 3.05) is 19.6 Å². The number of aromatic nitrogens is 1. The van der Waals surface area contributed by atoms with Crippen LogP contribution in [-0.2, 0) is 4.74 Å². The molecular weight excluding hydrogens is 414 g/mol. The number of anilines is 1. The highest BCUT2D eigenvalue weighted by atomic mass is 32.1. The molecular formula is C23H21N3O4S. The van der Waals surface area contributed by atoms with E-state index in [2.05, 4.69) is 15.5 Å². The number of thiazole rings is 1. The SMILES string of the molecule is COC(=O)c1sc(NN=c2cc(-c3ccc(OC)cc3)oc3cc(C)ccc23)nc1C. The Morgan fingerprint density at radius 2 is 1.87 bits per heavy atom. The average molecular weight is 436 g/mol. The van der Waals surface area contributed by atoms with Gasteiger partial charge in [-0.05, 0) is 55.8 Å². The van der Waals surface area contributed by atoms with Crippen molar-refractivity contribution >= 4 is 33.4 Å². The van der Waals surface area contributed by atoms with Crippen molar-refractivity contribution in [3.8, 4) is 17.1 Å². The fourth-order valence-electron chi connectivity index (χ4n) is 3.10. The maximum Gasteiger partial charge on any atom is 0.350 e. The van der Waals surface area contributed by atoms with E-state index in [9.17, 15) is 4.79 Å². The number of carbonyl (C=O) groups is 1. The summed E-state index contributed by atoms with van der Waals surface area (Å²) in [6, 6.07) is 15.5. The van der Waals surface area contributed by atoms with E-state index in [1.807, 2.05) is 55.5 Å². The van der Waals surface area contributed by atoms with Crippen molar-refractivity contribution < 1.29 is 18.7 Å². The lowest BCUT2D eigenvalue weighted by atomic mass is 10.1. The first kappa shape index (κ1) is 20.6. The van der Waals surface area contributed by atoms with E-state index in [-0.39, 0.29) is 0 Å². The molecule has 2 aromatic carbocycles. The summed E-state index contributed by atoms with van der Waals surface area (Å²) in [4.78, 5) is 16.7. The molecule has 0 atom stereocenters. The zero-order valence-corrected chi connectivity index (χ0v) is 18.4. The van der Waals surface area contributed by atoms with Gasteiger partial charge in [-0.25, -0.2) is 9.78 Å². The molecule has 0 aliphatic heterocycles. The Hall–Kier alpha value is -3.65. The van der Waals surface area contributed by atoms with Gasteiger partial charge in [0.1, 0.15) is 22.0 Å². The molecule has 0 radical (unpaired) electrons. The van der Waals surface area contributed by atoms with Gasteiger partial charge in [-0.1, -0.05) is 17.4 Å². The fourth-order valence-corrected chi connectivity index (χ4v) is 3.93. The van der Waals surface area contributed by atoms with E-state index >= 15 is 0 Å². The Labute approximate surface area is 183 Å². The van der Waals surface area contributed by atoms with Gasteiger partial charge in [-0.15, -0.1) is 0 Å². The molecule has 0 amide bonds. The Bertz CT molecular complexity index is 1320. The van der Waals surface area contributed by atoms with E-state index in [1.165, 1.54) is 18.4 Å². The number of aryl methyl sites for hydroxylation is 2. The zero-order valence-electron chi connectivity index (χ0n) is 17.6. The maximum absolute atomic E-state index is 11.8. The summed E-state index contributed by atoms with van der Waals surface area (Å²) in [6.07, 6.45) is 0. The van der Waals surface area contributed by atoms with Crippen LogP contribution in [0.15, 0.2) is 58.0 Å². The van der Waals surface area contributed by atoms with Gasteiger partial charge in [-0.2, -0.15) is 5.10 Å². The number of carbonyl (C=O) groups excluding carboxylic acids is 1. The summed E-state index contributed by atoms with van der Waals surface area (Å²) in [5.41, 5.74) is 6.27. The van der Waals surface area contributed by atoms with E-state index in [0.29, 0.717) is 26.8 Å².